The lowest BCUT2D eigenvalue weighted by Gasteiger charge is -2.07. The van der Waals surface area contributed by atoms with Gasteiger partial charge in [-0.3, -0.25) is 0 Å². The van der Waals surface area contributed by atoms with Crippen molar-refractivity contribution in [3.63, 3.8) is 0 Å². The summed E-state index contributed by atoms with van der Waals surface area (Å²) in [7, 11) is 1.35. The molecule has 1 aromatic carbocycles. The Labute approximate surface area is 65.1 Å². The molecular formula is C8H10O3. The molecule has 0 spiro atoms. The number of hydrogen-bond donors (Lipinski definition) is 1. The van der Waals surface area contributed by atoms with E-state index >= 15 is 0 Å². The summed E-state index contributed by atoms with van der Waals surface area (Å²) < 4.78 is 0. The van der Waals surface area contributed by atoms with Crippen molar-refractivity contribution in [3.05, 3.63) is 35.9 Å². The van der Waals surface area contributed by atoms with Crippen molar-refractivity contribution in [3.8, 4) is 0 Å². The van der Waals surface area contributed by atoms with E-state index in [1.54, 1.807) is 12.1 Å². The second-order valence-electron chi connectivity index (χ2n) is 2.03. The highest BCUT2D eigenvalue weighted by molar-refractivity contribution is 5.15. The third-order valence-electron chi connectivity index (χ3n) is 1.27. The van der Waals surface area contributed by atoms with E-state index in [0.717, 1.165) is 0 Å². The maximum atomic E-state index is 9.17. The highest BCUT2D eigenvalue weighted by atomic mass is 17.2. The van der Waals surface area contributed by atoms with E-state index in [0.29, 0.717) is 5.56 Å². The highest BCUT2D eigenvalue weighted by Gasteiger charge is 2.05. The average molecular weight is 154 g/mol. The first-order valence-corrected chi connectivity index (χ1v) is 3.27. The molecular weight excluding hydrogens is 144 g/mol. The minimum absolute atomic E-state index is 0.675. The zero-order valence-corrected chi connectivity index (χ0v) is 6.23. The zero-order valence-electron chi connectivity index (χ0n) is 6.23. The minimum atomic E-state index is -0.999. The third kappa shape index (κ3) is 2.31. The maximum absolute atomic E-state index is 9.17. The van der Waals surface area contributed by atoms with Crippen LogP contribution >= 0.6 is 0 Å². The molecule has 3 nitrogen and oxygen atoms in total. The van der Waals surface area contributed by atoms with Gasteiger partial charge >= 0.3 is 0 Å². The monoisotopic (exact) mass is 154 g/mol. The van der Waals surface area contributed by atoms with Crippen molar-refractivity contribution in [1.29, 1.82) is 0 Å². The Morgan fingerprint density at radius 2 is 1.91 bits per heavy atom. The lowest BCUT2D eigenvalue weighted by molar-refractivity contribution is -0.358. The van der Waals surface area contributed by atoms with E-state index in [1.165, 1.54) is 7.11 Å². The predicted molar refractivity (Wildman–Crippen MR) is 39.5 cm³/mol. The van der Waals surface area contributed by atoms with Gasteiger partial charge in [-0.1, -0.05) is 30.3 Å². The molecule has 60 valence electrons. The summed E-state index contributed by atoms with van der Waals surface area (Å²) in [5, 5.41) is 9.17. The summed E-state index contributed by atoms with van der Waals surface area (Å²) in [6.45, 7) is 0. The lowest BCUT2D eigenvalue weighted by Crippen LogP contribution is -2.01. The van der Waals surface area contributed by atoms with Crippen molar-refractivity contribution in [2.45, 2.75) is 6.29 Å². The van der Waals surface area contributed by atoms with Gasteiger partial charge in [0.25, 0.3) is 0 Å². The van der Waals surface area contributed by atoms with Gasteiger partial charge in [-0.25, -0.2) is 4.89 Å². The Bertz CT molecular complexity index is 198. The van der Waals surface area contributed by atoms with E-state index in [-0.39, 0.29) is 0 Å². The van der Waals surface area contributed by atoms with Gasteiger partial charge in [-0.05, 0) is 0 Å². The van der Waals surface area contributed by atoms with Crippen LogP contribution in [0, 0.1) is 0 Å². The quantitative estimate of drug-likeness (QED) is 0.404. The molecule has 0 aliphatic heterocycles. The van der Waals surface area contributed by atoms with Crippen LogP contribution in [0.5, 0.6) is 0 Å². The summed E-state index contributed by atoms with van der Waals surface area (Å²) in [6, 6.07) is 9.01. The second-order valence-corrected chi connectivity index (χ2v) is 2.03. The summed E-state index contributed by atoms with van der Waals surface area (Å²) >= 11 is 0. The summed E-state index contributed by atoms with van der Waals surface area (Å²) in [6.07, 6.45) is -0.999. The number of rotatable bonds is 3. The molecule has 1 unspecified atom stereocenters. The van der Waals surface area contributed by atoms with Crippen LogP contribution in [0.3, 0.4) is 0 Å². The maximum Gasteiger partial charge on any atom is 0.214 e. The normalized spacial score (nSPS) is 12.9. The molecule has 0 saturated carbocycles. The average Bonchev–Trinajstić information content (AvgIpc) is 2.07. The molecule has 1 atom stereocenters. The van der Waals surface area contributed by atoms with Crippen LogP contribution < -0.4 is 0 Å². The number of hydrogen-bond acceptors (Lipinski definition) is 3. The van der Waals surface area contributed by atoms with Crippen molar-refractivity contribution in [1.82, 2.24) is 0 Å². The molecule has 0 aliphatic carbocycles. The molecule has 11 heavy (non-hydrogen) atoms. The van der Waals surface area contributed by atoms with E-state index in [4.69, 9.17) is 0 Å². The first-order valence-electron chi connectivity index (χ1n) is 3.27. The van der Waals surface area contributed by atoms with Crippen LogP contribution in [0.1, 0.15) is 11.9 Å². The van der Waals surface area contributed by atoms with Gasteiger partial charge in [0.05, 0.1) is 7.11 Å². The number of aliphatic hydroxyl groups excluding tert-OH is 1. The molecule has 3 heteroatoms. The summed E-state index contributed by atoms with van der Waals surface area (Å²) in [5.41, 5.74) is 0.675. The number of aliphatic hydroxyl groups is 1. The van der Waals surface area contributed by atoms with Gasteiger partial charge in [-0.15, -0.1) is 0 Å². The first kappa shape index (κ1) is 8.20. The first-order chi connectivity index (χ1) is 5.34. The molecule has 0 aliphatic rings. The molecule has 0 amide bonds. The van der Waals surface area contributed by atoms with Crippen molar-refractivity contribution >= 4 is 0 Å². The van der Waals surface area contributed by atoms with Crippen molar-refractivity contribution < 1.29 is 14.9 Å². The van der Waals surface area contributed by atoms with Crippen LogP contribution in [0.25, 0.3) is 0 Å². The van der Waals surface area contributed by atoms with Gasteiger partial charge in [0, 0.05) is 5.56 Å². The standard InChI is InChI=1S/C8H10O3/c1-10-11-8(9)7-5-3-2-4-6-7/h2-6,8-9H,1H3. The van der Waals surface area contributed by atoms with E-state index in [9.17, 15) is 5.11 Å². The predicted octanol–water partition coefficient (Wildman–Crippen LogP) is 1.26. The Balaban J connectivity index is 2.61. The van der Waals surface area contributed by atoms with Gasteiger partial charge in [0.1, 0.15) is 0 Å². The minimum Gasteiger partial charge on any atom is -0.362 e. The van der Waals surface area contributed by atoms with Crippen LogP contribution in [0.2, 0.25) is 0 Å². The molecule has 0 saturated heterocycles. The molecule has 1 rings (SSSR count). The molecule has 0 bridgehead atoms. The molecule has 1 aromatic rings. The van der Waals surface area contributed by atoms with Gasteiger partial charge in [-0.2, -0.15) is 4.89 Å². The zero-order chi connectivity index (χ0) is 8.10. The SMILES string of the molecule is COOC(O)c1ccccc1. The van der Waals surface area contributed by atoms with E-state index in [1.807, 2.05) is 18.2 Å². The second kappa shape index (κ2) is 4.08. The van der Waals surface area contributed by atoms with Crippen molar-refractivity contribution in [2.24, 2.45) is 0 Å². The summed E-state index contributed by atoms with van der Waals surface area (Å²) in [4.78, 5) is 8.79. The van der Waals surface area contributed by atoms with Gasteiger partial charge in [0.15, 0.2) is 0 Å². The Morgan fingerprint density at radius 3 is 2.45 bits per heavy atom. The number of benzene rings is 1. The Kier molecular flexibility index (Phi) is 3.04. The van der Waals surface area contributed by atoms with Crippen LogP contribution in [0.4, 0.5) is 0 Å². The third-order valence-corrected chi connectivity index (χ3v) is 1.27. The fourth-order valence-electron chi connectivity index (χ4n) is 0.764. The van der Waals surface area contributed by atoms with Crippen LogP contribution in [-0.2, 0) is 9.78 Å². The van der Waals surface area contributed by atoms with Crippen LogP contribution in [-0.4, -0.2) is 12.2 Å². The molecule has 0 radical (unpaired) electrons. The van der Waals surface area contributed by atoms with Crippen LogP contribution in [0.15, 0.2) is 30.3 Å². The lowest BCUT2D eigenvalue weighted by atomic mass is 10.2. The molecule has 0 aromatic heterocycles. The topological polar surface area (TPSA) is 38.7 Å². The fraction of sp³-hybridized carbons (Fsp3) is 0.250. The van der Waals surface area contributed by atoms with Gasteiger partial charge < -0.3 is 5.11 Å². The molecule has 0 heterocycles. The largest absolute Gasteiger partial charge is 0.362 e. The Hall–Kier alpha value is -0.900. The highest BCUT2D eigenvalue weighted by Crippen LogP contribution is 2.12. The molecule has 0 fully saturated rings. The van der Waals surface area contributed by atoms with Gasteiger partial charge in [0.2, 0.25) is 6.29 Å². The Morgan fingerprint density at radius 1 is 1.27 bits per heavy atom. The smallest absolute Gasteiger partial charge is 0.214 e. The van der Waals surface area contributed by atoms with E-state index < -0.39 is 6.29 Å². The van der Waals surface area contributed by atoms with Crippen molar-refractivity contribution in [2.75, 3.05) is 7.11 Å². The van der Waals surface area contributed by atoms with E-state index in [2.05, 4.69) is 9.78 Å². The fourth-order valence-corrected chi connectivity index (χ4v) is 0.764. The molecule has 1 N–H and O–H groups in total. The summed E-state index contributed by atoms with van der Waals surface area (Å²) in [5.74, 6) is 0.